The molecule has 0 atom stereocenters. The van der Waals surface area contributed by atoms with E-state index in [-0.39, 0.29) is 6.54 Å². The smallest absolute Gasteiger partial charge is 0.234 e. The Balaban J connectivity index is 2.22. The summed E-state index contributed by atoms with van der Waals surface area (Å²) in [5, 5.41) is 5.27. The van der Waals surface area contributed by atoms with Crippen LogP contribution < -0.4 is 5.73 Å². The van der Waals surface area contributed by atoms with Crippen molar-refractivity contribution in [3.05, 3.63) is 82.4 Å². The number of nitrogens with zero attached hydrogens (tertiary/aromatic N) is 3. The standard InChI is InChI=1S/C17H14Cl2N4O/c18-14-5-1-12(2-6-14)17(16(20)24,9-23-11-21-10-22-23)13-3-7-15(19)8-4-13/h1-8,10-11H,9H2,(H2,20,24). The van der Waals surface area contributed by atoms with Gasteiger partial charge in [-0.2, -0.15) is 5.10 Å². The van der Waals surface area contributed by atoms with Crippen molar-refractivity contribution < 1.29 is 4.79 Å². The number of amides is 1. The van der Waals surface area contributed by atoms with Gasteiger partial charge >= 0.3 is 0 Å². The van der Waals surface area contributed by atoms with Crippen molar-refractivity contribution in [1.29, 1.82) is 0 Å². The van der Waals surface area contributed by atoms with Crippen LogP contribution in [0.3, 0.4) is 0 Å². The molecule has 5 nitrogen and oxygen atoms in total. The minimum atomic E-state index is -1.12. The summed E-state index contributed by atoms with van der Waals surface area (Å²) >= 11 is 12.0. The fourth-order valence-corrected chi connectivity index (χ4v) is 2.99. The number of aromatic nitrogens is 3. The third-order valence-corrected chi connectivity index (χ3v) is 4.46. The van der Waals surface area contributed by atoms with Crippen LogP contribution in [-0.2, 0) is 16.8 Å². The molecule has 1 heterocycles. The van der Waals surface area contributed by atoms with Gasteiger partial charge in [0.1, 0.15) is 18.1 Å². The molecule has 0 saturated heterocycles. The molecular formula is C17H14Cl2N4O. The predicted octanol–water partition coefficient (Wildman–Crippen LogP) is 3.06. The fraction of sp³-hybridized carbons (Fsp3) is 0.118. The van der Waals surface area contributed by atoms with Crippen molar-refractivity contribution in [3.8, 4) is 0 Å². The zero-order chi connectivity index (χ0) is 17.2. The Morgan fingerprint density at radius 3 is 1.88 bits per heavy atom. The molecule has 1 aromatic heterocycles. The maximum Gasteiger partial charge on any atom is 0.234 e. The number of hydrogen-bond donors (Lipinski definition) is 1. The van der Waals surface area contributed by atoms with Crippen molar-refractivity contribution in [2.75, 3.05) is 0 Å². The highest BCUT2D eigenvalue weighted by atomic mass is 35.5. The summed E-state index contributed by atoms with van der Waals surface area (Å²) in [4.78, 5) is 16.6. The Bertz CT molecular complexity index is 785. The molecule has 2 N–H and O–H groups in total. The summed E-state index contributed by atoms with van der Waals surface area (Å²) < 4.78 is 1.58. The number of hydrogen-bond acceptors (Lipinski definition) is 3. The molecule has 0 aliphatic rings. The third kappa shape index (κ3) is 3.00. The molecule has 2 aromatic carbocycles. The molecule has 0 bridgehead atoms. The zero-order valence-corrected chi connectivity index (χ0v) is 14.1. The van der Waals surface area contributed by atoms with Crippen molar-refractivity contribution in [2.45, 2.75) is 12.0 Å². The predicted molar refractivity (Wildman–Crippen MR) is 92.9 cm³/mol. The SMILES string of the molecule is NC(=O)C(Cn1cncn1)(c1ccc(Cl)cc1)c1ccc(Cl)cc1. The highest BCUT2D eigenvalue weighted by molar-refractivity contribution is 6.30. The molecule has 0 unspecified atom stereocenters. The van der Waals surface area contributed by atoms with Gasteiger partial charge in [0.05, 0.1) is 6.54 Å². The second kappa shape index (κ2) is 6.63. The average Bonchev–Trinajstić information content (AvgIpc) is 3.07. The molecule has 0 aliphatic heterocycles. The van der Waals surface area contributed by atoms with E-state index >= 15 is 0 Å². The molecule has 24 heavy (non-hydrogen) atoms. The van der Waals surface area contributed by atoms with Crippen LogP contribution in [0.1, 0.15) is 11.1 Å². The first-order chi connectivity index (χ1) is 11.5. The van der Waals surface area contributed by atoms with Gasteiger partial charge in [-0.25, -0.2) is 4.98 Å². The van der Waals surface area contributed by atoms with Crippen LogP contribution in [0.5, 0.6) is 0 Å². The van der Waals surface area contributed by atoms with Crippen molar-refractivity contribution >= 4 is 29.1 Å². The largest absolute Gasteiger partial charge is 0.369 e. The van der Waals surface area contributed by atoms with Gasteiger partial charge < -0.3 is 5.73 Å². The van der Waals surface area contributed by atoms with Crippen LogP contribution >= 0.6 is 23.2 Å². The van der Waals surface area contributed by atoms with Crippen LogP contribution in [-0.4, -0.2) is 20.7 Å². The summed E-state index contributed by atoms with van der Waals surface area (Å²) in [6.45, 7) is 0.214. The Morgan fingerprint density at radius 2 is 1.50 bits per heavy atom. The van der Waals surface area contributed by atoms with Crippen LogP contribution in [0.4, 0.5) is 0 Å². The molecule has 1 amide bonds. The van der Waals surface area contributed by atoms with Crippen LogP contribution in [0, 0.1) is 0 Å². The van der Waals surface area contributed by atoms with Crippen LogP contribution in [0.25, 0.3) is 0 Å². The van der Waals surface area contributed by atoms with E-state index in [1.165, 1.54) is 6.33 Å². The Morgan fingerprint density at radius 1 is 1.00 bits per heavy atom. The lowest BCUT2D eigenvalue weighted by Gasteiger charge is -2.31. The van der Waals surface area contributed by atoms with Crippen LogP contribution in [0.2, 0.25) is 10.0 Å². The maximum absolute atomic E-state index is 12.6. The Labute approximate surface area is 149 Å². The van der Waals surface area contributed by atoms with E-state index in [9.17, 15) is 4.79 Å². The summed E-state index contributed by atoms with van der Waals surface area (Å²) in [6, 6.07) is 14.1. The highest BCUT2D eigenvalue weighted by Crippen LogP contribution is 2.35. The molecule has 3 rings (SSSR count). The number of carbonyl (C=O) groups is 1. The summed E-state index contributed by atoms with van der Waals surface area (Å²) in [5.41, 5.74) is 6.18. The van der Waals surface area contributed by atoms with E-state index in [0.29, 0.717) is 10.0 Å². The van der Waals surface area contributed by atoms with Gasteiger partial charge in [0.25, 0.3) is 0 Å². The van der Waals surface area contributed by atoms with E-state index in [1.807, 2.05) is 0 Å². The second-order valence-electron chi connectivity index (χ2n) is 5.38. The lowest BCUT2D eigenvalue weighted by Crippen LogP contribution is -2.45. The number of primary amides is 1. The second-order valence-corrected chi connectivity index (χ2v) is 6.25. The number of rotatable bonds is 5. The molecule has 7 heteroatoms. The first kappa shape index (κ1) is 16.5. The molecule has 0 fully saturated rings. The van der Waals surface area contributed by atoms with Crippen molar-refractivity contribution in [1.82, 2.24) is 14.8 Å². The zero-order valence-electron chi connectivity index (χ0n) is 12.6. The topological polar surface area (TPSA) is 73.8 Å². The maximum atomic E-state index is 12.6. The Kier molecular flexibility index (Phi) is 4.55. The van der Waals surface area contributed by atoms with Gasteiger partial charge in [-0.3, -0.25) is 9.48 Å². The lowest BCUT2D eigenvalue weighted by molar-refractivity contribution is -0.122. The number of benzene rings is 2. The van der Waals surface area contributed by atoms with Gasteiger partial charge in [0, 0.05) is 10.0 Å². The molecule has 122 valence electrons. The van der Waals surface area contributed by atoms with E-state index in [2.05, 4.69) is 10.1 Å². The van der Waals surface area contributed by atoms with E-state index < -0.39 is 11.3 Å². The van der Waals surface area contributed by atoms with E-state index in [0.717, 1.165) is 11.1 Å². The fourth-order valence-electron chi connectivity index (χ4n) is 2.74. The first-order valence-corrected chi connectivity index (χ1v) is 7.92. The number of carbonyl (C=O) groups excluding carboxylic acids is 1. The summed E-state index contributed by atoms with van der Waals surface area (Å²) in [5.74, 6) is -0.498. The van der Waals surface area contributed by atoms with E-state index in [1.54, 1.807) is 59.5 Å². The van der Waals surface area contributed by atoms with Gasteiger partial charge in [-0.15, -0.1) is 0 Å². The number of halogens is 2. The molecule has 3 aromatic rings. The molecule has 0 spiro atoms. The average molecular weight is 361 g/mol. The van der Waals surface area contributed by atoms with Crippen LogP contribution in [0.15, 0.2) is 61.2 Å². The highest BCUT2D eigenvalue weighted by Gasteiger charge is 2.41. The van der Waals surface area contributed by atoms with Gasteiger partial charge in [0.15, 0.2) is 0 Å². The van der Waals surface area contributed by atoms with E-state index in [4.69, 9.17) is 28.9 Å². The van der Waals surface area contributed by atoms with Crippen molar-refractivity contribution in [2.24, 2.45) is 5.73 Å². The van der Waals surface area contributed by atoms with Crippen molar-refractivity contribution in [3.63, 3.8) is 0 Å². The lowest BCUT2D eigenvalue weighted by atomic mass is 9.73. The first-order valence-electron chi connectivity index (χ1n) is 7.17. The molecular weight excluding hydrogens is 347 g/mol. The van der Waals surface area contributed by atoms with Gasteiger partial charge in [0.2, 0.25) is 5.91 Å². The molecule has 0 radical (unpaired) electrons. The van der Waals surface area contributed by atoms with Gasteiger partial charge in [-0.1, -0.05) is 47.5 Å². The molecule has 0 aliphatic carbocycles. The van der Waals surface area contributed by atoms with Gasteiger partial charge in [-0.05, 0) is 35.4 Å². The monoisotopic (exact) mass is 360 g/mol. The number of nitrogens with two attached hydrogens (primary N) is 1. The quantitative estimate of drug-likeness (QED) is 0.759. The normalized spacial score (nSPS) is 11.4. The Hall–Kier alpha value is -2.37. The summed E-state index contributed by atoms with van der Waals surface area (Å²) in [7, 11) is 0. The molecule has 0 saturated carbocycles. The third-order valence-electron chi connectivity index (χ3n) is 3.96. The minimum absolute atomic E-state index is 0.214. The summed E-state index contributed by atoms with van der Waals surface area (Å²) in [6.07, 6.45) is 2.96. The minimum Gasteiger partial charge on any atom is -0.369 e.